The molecule has 0 radical (unpaired) electrons. The SMILES string of the molecule is CC1(C)c2ccccc2-c2cc(N(c3ccccc3)c3cccc([Si](c4ccccc4)(c4ccccc4)c4ccccc4N(c4ccccc4)c4ccc5ccccc5c4)c3)ccc21. The minimum absolute atomic E-state index is 0.0770. The zero-order valence-electron chi connectivity index (χ0n) is 36.1. The minimum atomic E-state index is -3.16. The summed E-state index contributed by atoms with van der Waals surface area (Å²) >= 11 is 0. The summed E-state index contributed by atoms with van der Waals surface area (Å²) in [5.74, 6) is 0. The molecule has 10 aromatic carbocycles. The van der Waals surface area contributed by atoms with Crippen molar-refractivity contribution in [2.24, 2.45) is 0 Å². The first kappa shape index (κ1) is 39.1. The molecule has 64 heavy (non-hydrogen) atoms. The van der Waals surface area contributed by atoms with Gasteiger partial charge in [-0.1, -0.05) is 202 Å². The quantitative estimate of drug-likeness (QED) is 0.100. The number of hydrogen-bond acceptors (Lipinski definition) is 2. The molecule has 306 valence electrons. The molecule has 10 aromatic rings. The Kier molecular flexibility index (Phi) is 9.91. The van der Waals surface area contributed by atoms with Crippen LogP contribution in [-0.4, -0.2) is 8.07 Å². The summed E-state index contributed by atoms with van der Waals surface area (Å²) in [6, 6.07) is 94.4. The summed E-state index contributed by atoms with van der Waals surface area (Å²) in [6.45, 7) is 4.70. The Balaban J connectivity index is 1.18. The van der Waals surface area contributed by atoms with Gasteiger partial charge in [-0.2, -0.15) is 0 Å². The smallest absolute Gasteiger partial charge is 0.181 e. The Bertz CT molecular complexity index is 3220. The van der Waals surface area contributed by atoms with Gasteiger partial charge in [0.2, 0.25) is 0 Å². The van der Waals surface area contributed by atoms with E-state index in [1.54, 1.807) is 0 Å². The zero-order valence-corrected chi connectivity index (χ0v) is 37.1. The first-order valence-electron chi connectivity index (χ1n) is 22.3. The molecular formula is C61H48N2Si. The summed E-state index contributed by atoms with van der Waals surface area (Å²) < 4.78 is 0. The molecule has 0 saturated heterocycles. The molecule has 1 aliphatic rings. The molecule has 0 unspecified atom stereocenters. The minimum Gasteiger partial charge on any atom is -0.311 e. The average molecular weight is 837 g/mol. The highest BCUT2D eigenvalue weighted by atomic mass is 28.3. The largest absolute Gasteiger partial charge is 0.311 e. The molecule has 0 N–H and O–H groups in total. The third kappa shape index (κ3) is 6.56. The standard InChI is InChI=1S/C61H48N2Si/c1-61(2)57-35-18-17-34-55(57)56-44-51(40-41-58(56)61)62(47-24-7-3-8-25-47)49-28-21-33-54(43-49)64(52-29-11-5-12-30-52,53-31-13-6-14-32-53)60-37-20-19-36-59(60)63(48-26-9-4-10-27-48)50-39-38-45-22-15-16-23-46(45)42-50/h3-44H,1-2H3. The third-order valence-electron chi connectivity index (χ3n) is 13.3. The van der Waals surface area contributed by atoms with Gasteiger partial charge >= 0.3 is 0 Å². The van der Waals surface area contributed by atoms with Crippen molar-refractivity contribution in [1.82, 2.24) is 0 Å². The van der Waals surface area contributed by atoms with E-state index in [0.717, 1.165) is 34.1 Å². The fourth-order valence-electron chi connectivity index (χ4n) is 10.4. The van der Waals surface area contributed by atoms with Crippen molar-refractivity contribution < 1.29 is 0 Å². The Morgan fingerprint density at radius 1 is 0.312 bits per heavy atom. The van der Waals surface area contributed by atoms with Crippen LogP contribution in [0.5, 0.6) is 0 Å². The fourth-order valence-corrected chi connectivity index (χ4v) is 15.4. The zero-order chi connectivity index (χ0) is 43.1. The highest BCUT2D eigenvalue weighted by Gasteiger charge is 2.44. The second-order valence-electron chi connectivity index (χ2n) is 17.3. The molecule has 2 nitrogen and oxygen atoms in total. The molecule has 0 saturated carbocycles. The van der Waals surface area contributed by atoms with Crippen LogP contribution in [0.15, 0.2) is 255 Å². The van der Waals surface area contributed by atoms with Crippen LogP contribution in [0.3, 0.4) is 0 Å². The molecule has 0 atom stereocenters. The van der Waals surface area contributed by atoms with E-state index in [2.05, 4.69) is 278 Å². The molecule has 0 fully saturated rings. The van der Waals surface area contributed by atoms with Crippen LogP contribution in [0, 0.1) is 0 Å². The van der Waals surface area contributed by atoms with Crippen LogP contribution in [-0.2, 0) is 5.41 Å². The monoisotopic (exact) mass is 836 g/mol. The van der Waals surface area contributed by atoms with E-state index in [0.29, 0.717) is 0 Å². The normalized spacial score (nSPS) is 12.7. The third-order valence-corrected chi connectivity index (χ3v) is 18.2. The number of para-hydroxylation sites is 3. The van der Waals surface area contributed by atoms with Crippen LogP contribution in [0.1, 0.15) is 25.0 Å². The molecule has 11 rings (SSSR count). The maximum atomic E-state index is 2.49. The highest BCUT2D eigenvalue weighted by molar-refractivity contribution is 7.20. The molecule has 0 bridgehead atoms. The molecule has 0 heterocycles. The van der Waals surface area contributed by atoms with Crippen molar-refractivity contribution >= 4 is 73.7 Å². The topological polar surface area (TPSA) is 6.48 Å². The Morgan fingerprint density at radius 2 is 0.797 bits per heavy atom. The van der Waals surface area contributed by atoms with Gasteiger partial charge in [0.1, 0.15) is 0 Å². The molecule has 0 spiro atoms. The van der Waals surface area contributed by atoms with Gasteiger partial charge < -0.3 is 9.80 Å². The number of hydrogen-bond donors (Lipinski definition) is 0. The summed E-state index contributed by atoms with van der Waals surface area (Å²) in [5.41, 5.74) is 12.0. The number of fused-ring (bicyclic) bond motifs is 4. The predicted molar refractivity (Wildman–Crippen MR) is 274 cm³/mol. The van der Waals surface area contributed by atoms with Crippen molar-refractivity contribution in [3.8, 4) is 11.1 Å². The van der Waals surface area contributed by atoms with Crippen molar-refractivity contribution in [2.45, 2.75) is 19.3 Å². The Morgan fingerprint density at radius 3 is 1.50 bits per heavy atom. The lowest BCUT2D eigenvalue weighted by Crippen LogP contribution is -2.75. The van der Waals surface area contributed by atoms with Crippen molar-refractivity contribution in [2.75, 3.05) is 9.80 Å². The van der Waals surface area contributed by atoms with Crippen LogP contribution in [0.4, 0.5) is 34.1 Å². The van der Waals surface area contributed by atoms with E-state index >= 15 is 0 Å². The number of nitrogens with zero attached hydrogens (tertiary/aromatic N) is 2. The van der Waals surface area contributed by atoms with Crippen molar-refractivity contribution in [1.29, 1.82) is 0 Å². The van der Waals surface area contributed by atoms with E-state index in [9.17, 15) is 0 Å². The predicted octanol–water partition coefficient (Wildman–Crippen LogP) is 13.5. The number of benzene rings is 10. The summed E-state index contributed by atoms with van der Waals surface area (Å²) in [5, 5.41) is 7.68. The Hall–Kier alpha value is -7.72. The second-order valence-corrected chi connectivity index (χ2v) is 21.1. The Labute approximate surface area is 378 Å². The molecule has 0 amide bonds. The van der Waals surface area contributed by atoms with Crippen LogP contribution in [0.2, 0.25) is 0 Å². The van der Waals surface area contributed by atoms with Gasteiger partial charge in [0, 0.05) is 39.5 Å². The molecule has 0 aromatic heterocycles. The van der Waals surface area contributed by atoms with E-state index in [1.165, 1.54) is 53.8 Å². The van der Waals surface area contributed by atoms with Gasteiger partial charge in [-0.05, 0) is 121 Å². The molecule has 1 aliphatic carbocycles. The van der Waals surface area contributed by atoms with Crippen LogP contribution in [0.25, 0.3) is 21.9 Å². The second kappa shape index (κ2) is 16.2. The van der Waals surface area contributed by atoms with Gasteiger partial charge in [0.05, 0.1) is 0 Å². The van der Waals surface area contributed by atoms with Gasteiger partial charge in [-0.3, -0.25) is 0 Å². The lowest BCUT2D eigenvalue weighted by atomic mass is 9.82. The summed E-state index contributed by atoms with van der Waals surface area (Å²) in [4.78, 5) is 4.92. The maximum Gasteiger partial charge on any atom is 0.181 e. The van der Waals surface area contributed by atoms with Gasteiger partial charge in [0.15, 0.2) is 8.07 Å². The van der Waals surface area contributed by atoms with E-state index in [4.69, 9.17) is 0 Å². The van der Waals surface area contributed by atoms with E-state index in [-0.39, 0.29) is 5.41 Å². The van der Waals surface area contributed by atoms with Crippen LogP contribution < -0.4 is 30.5 Å². The lowest BCUT2D eigenvalue weighted by molar-refractivity contribution is 0.660. The average Bonchev–Trinajstić information content (AvgIpc) is 3.59. The maximum absolute atomic E-state index is 3.16. The number of rotatable bonds is 10. The summed E-state index contributed by atoms with van der Waals surface area (Å²) in [6.07, 6.45) is 0. The van der Waals surface area contributed by atoms with Crippen LogP contribution >= 0.6 is 0 Å². The fraction of sp³-hybridized carbons (Fsp3) is 0.0492. The first-order valence-corrected chi connectivity index (χ1v) is 24.3. The van der Waals surface area contributed by atoms with Crippen molar-refractivity contribution in [3.63, 3.8) is 0 Å². The van der Waals surface area contributed by atoms with E-state index < -0.39 is 8.07 Å². The molecule has 0 aliphatic heterocycles. The van der Waals surface area contributed by atoms with Gasteiger partial charge in [0.25, 0.3) is 0 Å². The van der Waals surface area contributed by atoms with Gasteiger partial charge in [-0.25, -0.2) is 0 Å². The summed E-state index contributed by atoms with van der Waals surface area (Å²) in [7, 11) is -3.16. The lowest BCUT2D eigenvalue weighted by Gasteiger charge is -2.39. The first-order chi connectivity index (χ1) is 31.5. The van der Waals surface area contributed by atoms with E-state index in [1.807, 2.05) is 0 Å². The highest BCUT2D eigenvalue weighted by Crippen LogP contribution is 2.50. The molecule has 3 heteroatoms. The van der Waals surface area contributed by atoms with Crippen molar-refractivity contribution in [3.05, 3.63) is 266 Å². The molecular weight excluding hydrogens is 789 g/mol. The number of anilines is 6. The van der Waals surface area contributed by atoms with Gasteiger partial charge in [-0.15, -0.1) is 0 Å².